The smallest absolute Gasteiger partial charge is 0.163 e. The lowest BCUT2D eigenvalue weighted by Gasteiger charge is -2.21. The zero-order valence-electron chi connectivity index (χ0n) is 9.01. The van der Waals surface area contributed by atoms with Crippen LogP contribution in [0.15, 0.2) is 18.6 Å². The number of hydrogen-bond acceptors (Lipinski definition) is 4. The molecule has 0 aliphatic rings. The van der Waals surface area contributed by atoms with E-state index in [0.29, 0.717) is 0 Å². The predicted molar refractivity (Wildman–Crippen MR) is 57.2 cm³/mol. The van der Waals surface area contributed by atoms with Crippen molar-refractivity contribution in [3.05, 3.63) is 24.4 Å². The van der Waals surface area contributed by atoms with E-state index in [1.807, 2.05) is 17.4 Å². The quantitative estimate of drug-likeness (QED) is 0.814. The Morgan fingerprint density at radius 2 is 2.27 bits per heavy atom. The summed E-state index contributed by atoms with van der Waals surface area (Å²) < 4.78 is 1.84. The van der Waals surface area contributed by atoms with Crippen molar-refractivity contribution >= 4 is 5.65 Å². The Balaban J connectivity index is 2.52. The van der Waals surface area contributed by atoms with Crippen LogP contribution in [0.1, 0.15) is 32.5 Å². The molecule has 2 N–H and O–H groups in total. The monoisotopic (exact) mass is 205 g/mol. The molecule has 2 aromatic heterocycles. The van der Waals surface area contributed by atoms with Gasteiger partial charge in [-0.3, -0.25) is 4.40 Å². The van der Waals surface area contributed by atoms with E-state index < -0.39 is 5.54 Å². The van der Waals surface area contributed by atoms with Crippen molar-refractivity contribution < 1.29 is 0 Å². The topological polar surface area (TPSA) is 69.1 Å². The largest absolute Gasteiger partial charge is 0.319 e. The van der Waals surface area contributed by atoms with Crippen molar-refractivity contribution in [3.63, 3.8) is 0 Å². The molecular formula is C10H15N5. The lowest BCUT2D eigenvalue weighted by atomic mass is 9.97. The van der Waals surface area contributed by atoms with E-state index in [9.17, 15) is 0 Å². The lowest BCUT2D eigenvalue weighted by molar-refractivity contribution is 0.415. The molecule has 0 fully saturated rings. The van der Waals surface area contributed by atoms with Gasteiger partial charge in [0.05, 0.1) is 5.54 Å². The van der Waals surface area contributed by atoms with Gasteiger partial charge >= 0.3 is 0 Å². The third-order valence-corrected chi connectivity index (χ3v) is 2.49. The van der Waals surface area contributed by atoms with Crippen molar-refractivity contribution in [2.45, 2.75) is 32.2 Å². The van der Waals surface area contributed by atoms with Crippen LogP contribution in [0.25, 0.3) is 5.65 Å². The van der Waals surface area contributed by atoms with Crippen molar-refractivity contribution in [2.75, 3.05) is 0 Å². The molecule has 2 aromatic rings. The van der Waals surface area contributed by atoms with Crippen LogP contribution in [-0.4, -0.2) is 19.6 Å². The Bertz CT molecular complexity index is 460. The highest BCUT2D eigenvalue weighted by atomic mass is 15.3. The molecule has 0 bridgehead atoms. The first kappa shape index (κ1) is 10.0. The number of hydrogen-bond donors (Lipinski definition) is 1. The molecule has 0 saturated carbocycles. The zero-order valence-corrected chi connectivity index (χ0v) is 9.01. The van der Waals surface area contributed by atoms with Crippen LogP contribution in [0.2, 0.25) is 0 Å². The van der Waals surface area contributed by atoms with Crippen LogP contribution in [0, 0.1) is 0 Å². The van der Waals surface area contributed by atoms with Crippen LogP contribution >= 0.6 is 0 Å². The Hall–Kier alpha value is -1.49. The molecule has 80 valence electrons. The van der Waals surface area contributed by atoms with Gasteiger partial charge in [-0.05, 0) is 13.3 Å². The summed E-state index contributed by atoms with van der Waals surface area (Å²) in [6.07, 6.45) is 5.29. The molecule has 0 spiro atoms. The lowest BCUT2D eigenvalue weighted by Crippen LogP contribution is -2.35. The van der Waals surface area contributed by atoms with E-state index in [1.54, 1.807) is 12.5 Å². The summed E-state index contributed by atoms with van der Waals surface area (Å²) in [5.41, 5.74) is 6.55. The summed E-state index contributed by atoms with van der Waals surface area (Å²) >= 11 is 0. The minimum absolute atomic E-state index is 0.447. The molecule has 1 atom stereocenters. The van der Waals surface area contributed by atoms with Gasteiger partial charge < -0.3 is 5.73 Å². The third-order valence-electron chi connectivity index (χ3n) is 2.49. The van der Waals surface area contributed by atoms with E-state index in [0.717, 1.165) is 24.3 Å². The summed E-state index contributed by atoms with van der Waals surface area (Å²) in [7, 11) is 0. The summed E-state index contributed by atoms with van der Waals surface area (Å²) in [6, 6.07) is 1.82. The molecule has 0 aliphatic heterocycles. The molecule has 0 aliphatic carbocycles. The van der Waals surface area contributed by atoms with E-state index >= 15 is 0 Å². The molecule has 0 saturated heterocycles. The molecule has 2 rings (SSSR count). The fraction of sp³-hybridized carbons (Fsp3) is 0.500. The van der Waals surface area contributed by atoms with Gasteiger partial charge in [0, 0.05) is 12.3 Å². The van der Waals surface area contributed by atoms with Crippen LogP contribution in [-0.2, 0) is 5.54 Å². The normalized spacial score (nSPS) is 15.4. The van der Waals surface area contributed by atoms with E-state index in [1.165, 1.54) is 0 Å². The average Bonchev–Trinajstić information content (AvgIpc) is 2.61. The van der Waals surface area contributed by atoms with Gasteiger partial charge in [-0.1, -0.05) is 13.3 Å². The van der Waals surface area contributed by atoms with Crippen LogP contribution < -0.4 is 5.73 Å². The van der Waals surface area contributed by atoms with Gasteiger partial charge in [0.25, 0.3) is 0 Å². The highest BCUT2D eigenvalue weighted by molar-refractivity contribution is 5.36. The van der Waals surface area contributed by atoms with Gasteiger partial charge in [-0.25, -0.2) is 4.98 Å². The third kappa shape index (κ3) is 1.70. The highest BCUT2D eigenvalue weighted by Crippen LogP contribution is 2.21. The summed E-state index contributed by atoms with van der Waals surface area (Å²) in [4.78, 5) is 4.05. The highest BCUT2D eigenvalue weighted by Gasteiger charge is 2.25. The fourth-order valence-electron chi connectivity index (χ4n) is 1.77. The fourth-order valence-corrected chi connectivity index (χ4v) is 1.77. The molecule has 5 heteroatoms. The van der Waals surface area contributed by atoms with Gasteiger partial charge in [0.2, 0.25) is 0 Å². The standard InChI is InChI=1S/C10H15N5/c1-3-5-10(2,11)9-14-13-8-4-6-12-7-15(8)9/h4,6-7H,3,5,11H2,1-2H3. The molecule has 5 nitrogen and oxygen atoms in total. The van der Waals surface area contributed by atoms with Crippen LogP contribution in [0.4, 0.5) is 0 Å². The van der Waals surface area contributed by atoms with Gasteiger partial charge in [-0.2, -0.15) is 0 Å². The maximum atomic E-state index is 6.21. The second kappa shape index (κ2) is 3.58. The summed E-state index contributed by atoms with van der Waals surface area (Å²) in [5, 5.41) is 8.19. The Morgan fingerprint density at radius 1 is 1.47 bits per heavy atom. The number of rotatable bonds is 3. The number of aromatic nitrogens is 4. The molecule has 15 heavy (non-hydrogen) atoms. The van der Waals surface area contributed by atoms with Crippen molar-refractivity contribution in [1.29, 1.82) is 0 Å². The minimum Gasteiger partial charge on any atom is -0.319 e. The summed E-state index contributed by atoms with van der Waals surface area (Å²) in [6.45, 7) is 4.08. The van der Waals surface area contributed by atoms with Gasteiger partial charge in [-0.15, -0.1) is 10.2 Å². The molecule has 0 amide bonds. The van der Waals surface area contributed by atoms with Gasteiger partial charge in [0.15, 0.2) is 11.5 Å². The first-order chi connectivity index (χ1) is 7.15. The van der Waals surface area contributed by atoms with Gasteiger partial charge in [0.1, 0.15) is 6.33 Å². The van der Waals surface area contributed by atoms with E-state index in [2.05, 4.69) is 22.1 Å². The van der Waals surface area contributed by atoms with Crippen molar-refractivity contribution in [3.8, 4) is 0 Å². The molecular weight excluding hydrogens is 190 g/mol. The zero-order chi connectivity index (χ0) is 10.9. The van der Waals surface area contributed by atoms with Crippen LogP contribution in [0.5, 0.6) is 0 Å². The van der Waals surface area contributed by atoms with Crippen molar-refractivity contribution in [1.82, 2.24) is 19.6 Å². The second-order valence-corrected chi connectivity index (χ2v) is 4.00. The molecule has 1 unspecified atom stereocenters. The average molecular weight is 205 g/mol. The predicted octanol–water partition coefficient (Wildman–Crippen LogP) is 1.10. The summed E-state index contributed by atoms with van der Waals surface area (Å²) in [5.74, 6) is 0.771. The second-order valence-electron chi connectivity index (χ2n) is 4.00. The number of nitrogens with zero attached hydrogens (tertiary/aromatic N) is 4. The number of fused-ring (bicyclic) bond motifs is 1. The maximum absolute atomic E-state index is 6.21. The van der Waals surface area contributed by atoms with Crippen molar-refractivity contribution in [2.24, 2.45) is 5.73 Å². The Kier molecular flexibility index (Phi) is 2.40. The number of nitrogens with two attached hydrogens (primary N) is 1. The Labute approximate surface area is 88.3 Å². The first-order valence-corrected chi connectivity index (χ1v) is 5.09. The first-order valence-electron chi connectivity index (χ1n) is 5.09. The minimum atomic E-state index is -0.447. The molecule has 0 aromatic carbocycles. The molecule has 2 heterocycles. The SMILES string of the molecule is CCCC(C)(N)c1nnc2ccncn12. The molecule has 0 radical (unpaired) electrons. The maximum Gasteiger partial charge on any atom is 0.163 e. The van der Waals surface area contributed by atoms with E-state index in [-0.39, 0.29) is 0 Å². The van der Waals surface area contributed by atoms with Crippen LogP contribution in [0.3, 0.4) is 0 Å². The Morgan fingerprint density at radius 3 is 3.00 bits per heavy atom. The van der Waals surface area contributed by atoms with E-state index in [4.69, 9.17) is 5.73 Å².